The number of halogens is 3. The molecule has 2 aromatic rings. The average molecular weight is 342 g/mol. The Kier molecular flexibility index (Phi) is 5.17. The standard InChI is InChI=1S/C14H13F3N4O3/c1-21-8-10(11(20-21)14(15,16)17)13(23)24-7-6-19-12(22)9-2-4-18-5-3-9/h2-5,8H,6-7H2,1H3,(H,19,22). The third kappa shape index (κ3) is 4.31. The van der Waals surface area contributed by atoms with Gasteiger partial charge in [-0.05, 0) is 12.1 Å². The van der Waals surface area contributed by atoms with Gasteiger partial charge in [-0.15, -0.1) is 0 Å². The summed E-state index contributed by atoms with van der Waals surface area (Å²) in [6.07, 6.45) is -0.947. The lowest BCUT2D eigenvalue weighted by Gasteiger charge is -2.08. The second-order valence-electron chi connectivity index (χ2n) is 4.69. The molecule has 0 radical (unpaired) electrons. The lowest BCUT2D eigenvalue weighted by Crippen LogP contribution is -2.28. The van der Waals surface area contributed by atoms with E-state index in [9.17, 15) is 22.8 Å². The zero-order chi connectivity index (χ0) is 17.7. The number of ether oxygens (including phenoxy) is 1. The van der Waals surface area contributed by atoms with Crippen LogP contribution in [-0.4, -0.2) is 39.8 Å². The van der Waals surface area contributed by atoms with Crippen molar-refractivity contribution >= 4 is 11.9 Å². The van der Waals surface area contributed by atoms with Crippen molar-refractivity contribution in [2.75, 3.05) is 13.2 Å². The van der Waals surface area contributed by atoms with Crippen LogP contribution in [0.2, 0.25) is 0 Å². The summed E-state index contributed by atoms with van der Waals surface area (Å²) in [5, 5.41) is 5.68. The fourth-order valence-electron chi connectivity index (χ4n) is 1.84. The van der Waals surface area contributed by atoms with Crippen molar-refractivity contribution in [2.45, 2.75) is 6.18 Å². The Balaban J connectivity index is 1.87. The minimum atomic E-state index is -4.76. The summed E-state index contributed by atoms with van der Waals surface area (Å²) in [5.74, 6) is -1.57. The van der Waals surface area contributed by atoms with Crippen LogP contribution in [0.4, 0.5) is 13.2 Å². The van der Waals surface area contributed by atoms with Gasteiger partial charge in [-0.2, -0.15) is 18.3 Å². The zero-order valence-electron chi connectivity index (χ0n) is 12.5. The number of amides is 1. The van der Waals surface area contributed by atoms with E-state index in [-0.39, 0.29) is 13.2 Å². The summed E-state index contributed by atoms with van der Waals surface area (Å²) in [6.45, 7) is -0.323. The van der Waals surface area contributed by atoms with E-state index in [0.29, 0.717) is 5.56 Å². The van der Waals surface area contributed by atoms with Crippen molar-refractivity contribution in [1.29, 1.82) is 0 Å². The summed E-state index contributed by atoms with van der Waals surface area (Å²) in [5.41, 5.74) is -1.62. The first-order chi connectivity index (χ1) is 11.3. The molecule has 24 heavy (non-hydrogen) atoms. The minimum absolute atomic E-state index is 0.0471. The van der Waals surface area contributed by atoms with Crippen LogP contribution < -0.4 is 5.32 Å². The highest BCUT2D eigenvalue weighted by atomic mass is 19.4. The fraction of sp³-hybridized carbons (Fsp3) is 0.286. The van der Waals surface area contributed by atoms with Gasteiger partial charge < -0.3 is 10.1 Å². The molecule has 2 heterocycles. The molecule has 0 fully saturated rings. The molecule has 0 aromatic carbocycles. The van der Waals surface area contributed by atoms with Gasteiger partial charge in [0.15, 0.2) is 5.69 Å². The number of hydrogen-bond donors (Lipinski definition) is 1. The fourth-order valence-corrected chi connectivity index (χ4v) is 1.84. The van der Waals surface area contributed by atoms with Crippen LogP contribution in [0, 0.1) is 0 Å². The van der Waals surface area contributed by atoms with Crippen molar-refractivity contribution in [3.05, 3.63) is 47.5 Å². The van der Waals surface area contributed by atoms with Crippen LogP contribution >= 0.6 is 0 Å². The molecule has 0 aliphatic rings. The topological polar surface area (TPSA) is 86.1 Å². The van der Waals surface area contributed by atoms with Gasteiger partial charge in [0, 0.05) is 31.2 Å². The molecule has 0 saturated carbocycles. The highest BCUT2D eigenvalue weighted by molar-refractivity contribution is 5.94. The molecule has 2 aromatic heterocycles. The number of carbonyl (C=O) groups excluding carboxylic acids is 2. The van der Waals surface area contributed by atoms with Gasteiger partial charge in [0.1, 0.15) is 12.2 Å². The molecular weight excluding hydrogens is 329 g/mol. The highest BCUT2D eigenvalue weighted by Crippen LogP contribution is 2.30. The van der Waals surface area contributed by atoms with E-state index in [2.05, 4.69) is 15.4 Å². The normalized spacial score (nSPS) is 11.2. The van der Waals surface area contributed by atoms with Crippen LogP contribution in [0.3, 0.4) is 0 Å². The number of nitrogens with zero attached hydrogens (tertiary/aromatic N) is 3. The van der Waals surface area contributed by atoms with E-state index >= 15 is 0 Å². The monoisotopic (exact) mass is 342 g/mol. The number of hydrogen-bond acceptors (Lipinski definition) is 5. The van der Waals surface area contributed by atoms with Gasteiger partial charge in [-0.3, -0.25) is 14.5 Å². The lowest BCUT2D eigenvalue weighted by atomic mass is 10.2. The first-order valence-corrected chi connectivity index (χ1v) is 6.75. The van der Waals surface area contributed by atoms with Gasteiger partial charge in [0.05, 0.1) is 6.54 Å². The molecule has 0 bridgehead atoms. The zero-order valence-corrected chi connectivity index (χ0v) is 12.5. The predicted molar refractivity (Wildman–Crippen MR) is 75.1 cm³/mol. The van der Waals surface area contributed by atoms with Crippen LogP contribution in [0.5, 0.6) is 0 Å². The van der Waals surface area contributed by atoms with E-state index in [4.69, 9.17) is 4.74 Å². The average Bonchev–Trinajstić information content (AvgIpc) is 2.94. The Bertz CT molecular complexity index is 729. The van der Waals surface area contributed by atoms with Crippen LogP contribution in [-0.2, 0) is 18.0 Å². The summed E-state index contributed by atoms with van der Waals surface area (Å²) in [6, 6.07) is 2.99. The van der Waals surface area contributed by atoms with E-state index in [1.807, 2.05) is 0 Å². The molecule has 1 N–H and O–H groups in total. The number of alkyl halides is 3. The second-order valence-corrected chi connectivity index (χ2v) is 4.69. The lowest BCUT2D eigenvalue weighted by molar-refractivity contribution is -0.142. The molecule has 0 saturated heterocycles. The summed E-state index contributed by atoms with van der Waals surface area (Å²) in [4.78, 5) is 27.2. The molecule has 7 nitrogen and oxygen atoms in total. The Morgan fingerprint density at radius 3 is 2.58 bits per heavy atom. The molecule has 128 valence electrons. The number of pyridine rings is 1. The molecule has 2 rings (SSSR count). The highest BCUT2D eigenvalue weighted by Gasteiger charge is 2.39. The SMILES string of the molecule is Cn1cc(C(=O)OCCNC(=O)c2ccncc2)c(C(F)(F)F)n1. The van der Waals surface area contributed by atoms with Crippen molar-refractivity contribution in [3.63, 3.8) is 0 Å². The molecule has 0 aliphatic carbocycles. The molecule has 0 unspecified atom stereocenters. The molecule has 0 spiro atoms. The molecule has 0 aliphatic heterocycles. The van der Waals surface area contributed by atoms with Crippen molar-refractivity contribution < 1.29 is 27.5 Å². The molecular formula is C14H13F3N4O3. The summed E-state index contributed by atoms with van der Waals surface area (Å²) in [7, 11) is 1.26. The van der Waals surface area contributed by atoms with E-state index in [1.54, 1.807) is 0 Å². The smallest absolute Gasteiger partial charge is 0.436 e. The first-order valence-electron chi connectivity index (χ1n) is 6.75. The molecule has 1 amide bonds. The Hall–Kier alpha value is -2.91. The maximum Gasteiger partial charge on any atom is 0.436 e. The number of nitrogens with one attached hydrogen (secondary N) is 1. The van der Waals surface area contributed by atoms with Crippen molar-refractivity contribution in [2.24, 2.45) is 7.05 Å². The summed E-state index contributed by atoms with van der Waals surface area (Å²) >= 11 is 0. The third-order valence-electron chi connectivity index (χ3n) is 2.88. The first kappa shape index (κ1) is 17.4. The number of aryl methyl sites for hydroxylation is 1. The Labute approximate surface area is 134 Å². The van der Waals surface area contributed by atoms with Gasteiger partial charge in [0.25, 0.3) is 5.91 Å². The molecule has 0 atom stereocenters. The van der Waals surface area contributed by atoms with E-state index in [1.165, 1.54) is 31.6 Å². The van der Waals surface area contributed by atoms with Crippen molar-refractivity contribution in [1.82, 2.24) is 20.1 Å². The van der Waals surface area contributed by atoms with Crippen LogP contribution in [0.25, 0.3) is 0 Å². The van der Waals surface area contributed by atoms with Crippen LogP contribution in [0.1, 0.15) is 26.4 Å². The van der Waals surface area contributed by atoms with Crippen molar-refractivity contribution in [3.8, 4) is 0 Å². The van der Waals surface area contributed by atoms with E-state index in [0.717, 1.165) is 10.9 Å². The van der Waals surface area contributed by atoms with Gasteiger partial charge in [-0.1, -0.05) is 0 Å². The minimum Gasteiger partial charge on any atom is -0.460 e. The maximum atomic E-state index is 12.8. The number of aromatic nitrogens is 3. The Morgan fingerprint density at radius 1 is 1.29 bits per heavy atom. The summed E-state index contributed by atoms with van der Waals surface area (Å²) < 4.78 is 43.9. The third-order valence-corrected chi connectivity index (χ3v) is 2.88. The number of rotatable bonds is 5. The molecule has 10 heteroatoms. The van der Waals surface area contributed by atoms with Gasteiger partial charge in [-0.25, -0.2) is 4.79 Å². The second kappa shape index (κ2) is 7.11. The van der Waals surface area contributed by atoms with Gasteiger partial charge in [0.2, 0.25) is 0 Å². The van der Waals surface area contributed by atoms with Crippen LogP contribution in [0.15, 0.2) is 30.7 Å². The largest absolute Gasteiger partial charge is 0.460 e. The number of esters is 1. The maximum absolute atomic E-state index is 12.8. The van der Waals surface area contributed by atoms with Gasteiger partial charge >= 0.3 is 12.1 Å². The number of carbonyl (C=O) groups is 2. The quantitative estimate of drug-likeness (QED) is 0.656. The predicted octanol–water partition coefficient (Wildman–Crippen LogP) is 1.42. The Morgan fingerprint density at radius 2 is 1.96 bits per heavy atom. The van der Waals surface area contributed by atoms with E-state index < -0.39 is 29.3 Å².